The molecular formula is C14H31N. The summed E-state index contributed by atoms with van der Waals surface area (Å²) in [6.45, 7) is 16.3. The molecule has 1 atom stereocenters. The van der Waals surface area contributed by atoms with Gasteiger partial charge in [-0.2, -0.15) is 0 Å². The van der Waals surface area contributed by atoms with Gasteiger partial charge in [-0.3, -0.25) is 0 Å². The van der Waals surface area contributed by atoms with E-state index in [0.717, 1.165) is 30.2 Å². The summed E-state index contributed by atoms with van der Waals surface area (Å²) in [4.78, 5) is 0. The summed E-state index contributed by atoms with van der Waals surface area (Å²) >= 11 is 0. The summed E-state index contributed by atoms with van der Waals surface area (Å²) < 4.78 is 0. The third-order valence-corrected chi connectivity index (χ3v) is 3.44. The third kappa shape index (κ3) is 6.19. The molecule has 15 heavy (non-hydrogen) atoms. The minimum absolute atomic E-state index is 0.763. The fraction of sp³-hybridized carbons (Fsp3) is 1.00. The van der Waals surface area contributed by atoms with Gasteiger partial charge >= 0.3 is 0 Å². The number of nitrogens with one attached hydrogen (secondary N) is 1. The molecule has 0 saturated heterocycles. The van der Waals surface area contributed by atoms with Gasteiger partial charge in [-0.15, -0.1) is 0 Å². The standard InChI is InChI=1S/C14H31N/c1-7-13(8-2)14(12(5)6)10-15-9-11(3)4/h11-15H,7-10H2,1-6H3. The lowest BCUT2D eigenvalue weighted by Gasteiger charge is -2.29. The zero-order chi connectivity index (χ0) is 11.8. The second kappa shape index (κ2) is 8.15. The van der Waals surface area contributed by atoms with Crippen molar-refractivity contribution in [3.8, 4) is 0 Å². The smallest absolute Gasteiger partial charge is 0.00153 e. The van der Waals surface area contributed by atoms with Gasteiger partial charge in [0.05, 0.1) is 0 Å². The van der Waals surface area contributed by atoms with Crippen molar-refractivity contribution >= 4 is 0 Å². The minimum Gasteiger partial charge on any atom is -0.316 e. The van der Waals surface area contributed by atoms with Crippen molar-refractivity contribution in [3.63, 3.8) is 0 Å². The Hall–Kier alpha value is -0.0400. The van der Waals surface area contributed by atoms with Gasteiger partial charge in [0.1, 0.15) is 0 Å². The van der Waals surface area contributed by atoms with Gasteiger partial charge in [0.25, 0.3) is 0 Å². The molecule has 0 radical (unpaired) electrons. The number of hydrogen-bond donors (Lipinski definition) is 1. The summed E-state index contributed by atoms with van der Waals surface area (Å²) in [5.41, 5.74) is 0. The van der Waals surface area contributed by atoms with Crippen LogP contribution in [0, 0.1) is 23.7 Å². The summed E-state index contributed by atoms with van der Waals surface area (Å²) in [6, 6.07) is 0. The Balaban J connectivity index is 4.03. The van der Waals surface area contributed by atoms with Crippen LogP contribution in [0.2, 0.25) is 0 Å². The molecule has 92 valence electrons. The molecule has 0 amide bonds. The van der Waals surface area contributed by atoms with E-state index < -0.39 is 0 Å². The topological polar surface area (TPSA) is 12.0 Å². The number of rotatable bonds is 8. The van der Waals surface area contributed by atoms with E-state index in [4.69, 9.17) is 0 Å². The highest BCUT2D eigenvalue weighted by Crippen LogP contribution is 2.25. The maximum Gasteiger partial charge on any atom is -0.00153 e. The molecule has 0 spiro atoms. The maximum absolute atomic E-state index is 3.62. The van der Waals surface area contributed by atoms with Crippen LogP contribution in [0.4, 0.5) is 0 Å². The van der Waals surface area contributed by atoms with Crippen LogP contribution >= 0.6 is 0 Å². The van der Waals surface area contributed by atoms with E-state index in [-0.39, 0.29) is 0 Å². The molecule has 1 nitrogen and oxygen atoms in total. The lowest BCUT2D eigenvalue weighted by Crippen LogP contribution is -2.33. The Morgan fingerprint density at radius 2 is 1.40 bits per heavy atom. The van der Waals surface area contributed by atoms with Crippen LogP contribution in [0.15, 0.2) is 0 Å². The van der Waals surface area contributed by atoms with Crippen molar-refractivity contribution in [1.29, 1.82) is 0 Å². The predicted molar refractivity (Wildman–Crippen MR) is 70.1 cm³/mol. The third-order valence-electron chi connectivity index (χ3n) is 3.44. The molecule has 0 fully saturated rings. The second-order valence-electron chi connectivity index (χ2n) is 5.54. The highest BCUT2D eigenvalue weighted by molar-refractivity contribution is 4.73. The zero-order valence-electron chi connectivity index (χ0n) is 11.6. The first-order chi connectivity index (χ1) is 7.02. The fourth-order valence-corrected chi connectivity index (χ4v) is 2.38. The second-order valence-corrected chi connectivity index (χ2v) is 5.54. The Labute approximate surface area is 97.0 Å². The van der Waals surface area contributed by atoms with Crippen molar-refractivity contribution in [2.75, 3.05) is 13.1 Å². The SMILES string of the molecule is CCC(CC)C(CNCC(C)C)C(C)C. The van der Waals surface area contributed by atoms with Crippen LogP contribution in [0.3, 0.4) is 0 Å². The van der Waals surface area contributed by atoms with E-state index in [1.165, 1.54) is 19.4 Å². The monoisotopic (exact) mass is 213 g/mol. The molecule has 1 N–H and O–H groups in total. The van der Waals surface area contributed by atoms with E-state index in [1.807, 2.05) is 0 Å². The Bertz CT molecular complexity index is 136. The lowest BCUT2D eigenvalue weighted by molar-refractivity contribution is 0.229. The molecule has 1 heteroatoms. The van der Waals surface area contributed by atoms with Crippen LogP contribution in [0.5, 0.6) is 0 Å². The molecule has 0 heterocycles. The van der Waals surface area contributed by atoms with Crippen molar-refractivity contribution < 1.29 is 0 Å². The molecule has 1 unspecified atom stereocenters. The van der Waals surface area contributed by atoms with Gasteiger partial charge in [-0.05, 0) is 36.8 Å². The van der Waals surface area contributed by atoms with Gasteiger partial charge < -0.3 is 5.32 Å². The van der Waals surface area contributed by atoms with Gasteiger partial charge in [0, 0.05) is 0 Å². The highest BCUT2D eigenvalue weighted by atomic mass is 14.9. The molecule has 0 aliphatic rings. The minimum atomic E-state index is 0.763. The highest BCUT2D eigenvalue weighted by Gasteiger charge is 2.21. The van der Waals surface area contributed by atoms with Gasteiger partial charge in [-0.1, -0.05) is 54.4 Å². The van der Waals surface area contributed by atoms with Crippen LogP contribution in [0.25, 0.3) is 0 Å². The van der Waals surface area contributed by atoms with Crippen LogP contribution in [-0.2, 0) is 0 Å². The number of hydrogen-bond acceptors (Lipinski definition) is 1. The van der Waals surface area contributed by atoms with Crippen LogP contribution < -0.4 is 5.32 Å². The molecule has 0 aromatic rings. The molecule has 0 aromatic heterocycles. The first kappa shape index (κ1) is 15.0. The molecule has 0 saturated carbocycles. The van der Waals surface area contributed by atoms with Crippen LogP contribution in [0.1, 0.15) is 54.4 Å². The first-order valence-corrected chi connectivity index (χ1v) is 6.73. The Morgan fingerprint density at radius 3 is 1.73 bits per heavy atom. The average Bonchev–Trinajstić information content (AvgIpc) is 2.16. The molecule has 0 rings (SSSR count). The van der Waals surface area contributed by atoms with E-state index in [2.05, 4.69) is 46.9 Å². The predicted octanol–water partition coefficient (Wildman–Crippen LogP) is 3.94. The van der Waals surface area contributed by atoms with Crippen molar-refractivity contribution in [1.82, 2.24) is 5.32 Å². The largest absolute Gasteiger partial charge is 0.316 e. The Morgan fingerprint density at radius 1 is 0.867 bits per heavy atom. The van der Waals surface area contributed by atoms with Gasteiger partial charge in [0.2, 0.25) is 0 Å². The lowest BCUT2D eigenvalue weighted by atomic mass is 9.80. The quantitative estimate of drug-likeness (QED) is 0.644. The fourth-order valence-electron chi connectivity index (χ4n) is 2.38. The first-order valence-electron chi connectivity index (χ1n) is 6.73. The van der Waals surface area contributed by atoms with E-state index in [0.29, 0.717) is 0 Å². The van der Waals surface area contributed by atoms with Gasteiger partial charge in [0.15, 0.2) is 0 Å². The van der Waals surface area contributed by atoms with Crippen molar-refractivity contribution in [2.24, 2.45) is 23.7 Å². The molecule has 0 bridgehead atoms. The molecule has 0 aliphatic heterocycles. The zero-order valence-corrected chi connectivity index (χ0v) is 11.6. The molecule has 0 aromatic carbocycles. The summed E-state index contributed by atoms with van der Waals surface area (Å²) in [5.74, 6) is 3.30. The van der Waals surface area contributed by atoms with E-state index in [9.17, 15) is 0 Å². The van der Waals surface area contributed by atoms with E-state index >= 15 is 0 Å². The maximum atomic E-state index is 3.62. The average molecular weight is 213 g/mol. The van der Waals surface area contributed by atoms with Gasteiger partial charge in [-0.25, -0.2) is 0 Å². The Kier molecular flexibility index (Phi) is 8.13. The summed E-state index contributed by atoms with van der Waals surface area (Å²) in [6.07, 6.45) is 2.64. The molecular weight excluding hydrogens is 182 g/mol. The van der Waals surface area contributed by atoms with Crippen LogP contribution in [-0.4, -0.2) is 13.1 Å². The normalized spacial score (nSPS) is 14.2. The van der Waals surface area contributed by atoms with Crippen molar-refractivity contribution in [3.05, 3.63) is 0 Å². The summed E-state index contributed by atoms with van der Waals surface area (Å²) in [7, 11) is 0. The van der Waals surface area contributed by atoms with Crippen molar-refractivity contribution in [2.45, 2.75) is 54.4 Å². The van der Waals surface area contributed by atoms with E-state index in [1.54, 1.807) is 0 Å². The summed E-state index contributed by atoms with van der Waals surface area (Å²) in [5, 5.41) is 3.62. The molecule has 0 aliphatic carbocycles.